The number of sulfonamides is 1. The van der Waals surface area contributed by atoms with Crippen LogP contribution in [0.5, 0.6) is 0 Å². The van der Waals surface area contributed by atoms with Crippen molar-refractivity contribution in [3.8, 4) is 6.07 Å². The normalized spacial score (nSPS) is 16.9. The van der Waals surface area contributed by atoms with E-state index >= 15 is 0 Å². The van der Waals surface area contributed by atoms with Crippen LogP contribution in [0.15, 0.2) is 53.4 Å². The number of rotatable bonds is 5. The van der Waals surface area contributed by atoms with Gasteiger partial charge in [-0.05, 0) is 49.2 Å². The van der Waals surface area contributed by atoms with E-state index in [0.29, 0.717) is 34.2 Å². The van der Waals surface area contributed by atoms with Crippen LogP contribution in [0.2, 0.25) is 5.02 Å². The first kappa shape index (κ1) is 22.4. The summed E-state index contributed by atoms with van der Waals surface area (Å²) in [5.41, 5.74) is 0.841. The van der Waals surface area contributed by atoms with Gasteiger partial charge in [-0.3, -0.25) is 4.79 Å². The van der Waals surface area contributed by atoms with Gasteiger partial charge in [0.1, 0.15) is 5.01 Å². The molecule has 32 heavy (non-hydrogen) atoms. The van der Waals surface area contributed by atoms with Gasteiger partial charge in [-0.2, -0.15) is 9.57 Å². The number of nitriles is 1. The van der Waals surface area contributed by atoms with Crippen LogP contribution in [-0.2, 0) is 10.0 Å². The van der Waals surface area contributed by atoms with E-state index < -0.39 is 15.9 Å². The predicted molar refractivity (Wildman–Crippen MR) is 121 cm³/mol. The lowest BCUT2D eigenvalue weighted by Crippen LogP contribution is -2.39. The second-order valence-electron chi connectivity index (χ2n) is 7.25. The molecule has 3 aromatic rings. The van der Waals surface area contributed by atoms with E-state index in [1.807, 2.05) is 6.07 Å². The molecule has 0 radical (unpaired) electrons. The maximum atomic E-state index is 13.1. The molecule has 2 aromatic carbocycles. The average molecular weight is 488 g/mol. The molecular weight excluding hydrogens is 470 g/mol. The Bertz CT molecular complexity index is 1300. The van der Waals surface area contributed by atoms with Crippen molar-refractivity contribution in [2.24, 2.45) is 0 Å². The molecule has 164 valence electrons. The third-order valence-corrected chi connectivity index (χ3v) is 8.23. The quantitative estimate of drug-likeness (QED) is 0.583. The van der Waals surface area contributed by atoms with E-state index in [1.165, 1.54) is 16.4 Å². The van der Waals surface area contributed by atoms with Crippen molar-refractivity contribution in [2.75, 3.05) is 18.4 Å². The average Bonchev–Trinajstić information content (AvgIpc) is 3.30. The molecule has 1 N–H and O–H groups in total. The fourth-order valence-electron chi connectivity index (χ4n) is 3.48. The fourth-order valence-corrected chi connectivity index (χ4v) is 6.10. The van der Waals surface area contributed by atoms with Crippen molar-refractivity contribution in [1.82, 2.24) is 14.5 Å². The van der Waals surface area contributed by atoms with Gasteiger partial charge < -0.3 is 5.32 Å². The molecule has 0 aliphatic carbocycles. The number of hydrogen-bond donors (Lipinski definition) is 1. The molecule has 0 bridgehead atoms. The molecule has 1 atom stereocenters. The summed E-state index contributed by atoms with van der Waals surface area (Å²) in [7, 11) is -3.74. The van der Waals surface area contributed by atoms with Gasteiger partial charge >= 0.3 is 0 Å². The number of halogens is 1. The van der Waals surface area contributed by atoms with E-state index in [0.717, 1.165) is 17.8 Å². The first-order valence-corrected chi connectivity index (χ1v) is 12.4. The molecule has 0 saturated carbocycles. The molecule has 1 fully saturated rings. The van der Waals surface area contributed by atoms with Crippen LogP contribution in [0.3, 0.4) is 0 Å². The monoisotopic (exact) mass is 487 g/mol. The Hall–Kier alpha value is -2.84. The lowest BCUT2D eigenvalue weighted by atomic mass is 10.0. The van der Waals surface area contributed by atoms with Crippen LogP contribution < -0.4 is 5.32 Å². The van der Waals surface area contributed by atoms with E-state index in [-0.39, 0.29) is 22.4 Å². The smallest absolute Gasteiger partial charge is 0.286 e. The lowest BCUT2D eigenvalue weighted by molar-refractivity contribution is 0.102. The zero-order chi connectivity index (χ0) is 22.7. The fraction of sp³-hybridized carbons (Fsp3) is 0.238. The SMILES string of the molecule is N#Cc1cccc(S(=O)(=O)N2CCCC(c3nnc(C(=O)Nc4cccc(Cl)c4)s3)C2)c1. The van der Waals surface area contributed by atoms with E-state index in [9.17, 15) is 13.2 Å². The van der Waals surface area contributed by atoms with Gasteiger partial charge in [-0.25, -0.2) is 8.42 Å². The zero-order valence-corrected chi connectivity index (χ0v) is 19.1. The van der Waals surface area contributed by atoms with Crippen molar-refractivity contribution >= 4 is 44.6 Å². The van der Waals surface area contributed by atoms with Gasteiger partial charge in [0.05, 0.1) is 16.5 Å². The number of aromatic nitrogens is 2. The highest BCUT2D eigenvalue weighted by molar-refractivity contribution is 7.89. The standard InChI is InChI=1S/C21H18ClN5O3S2/c22-16-6-2-7-17(11-16)24-19(28)21-26-25-20(31-21)15-5-3-9-27(13-15)32(29,30)18-8-1-4-14(10-18)12-23/h1-2,4,6-8,10-11,15H,3,5,9,13H2,(H,24,28). The maximum Gasteiger partial charge on any atom is 0.286 e. The minimum atomic E-state index is -3.74. The minimum absolute atomic E-state index is 0.0936. The summed E-state index contributed by atoms with van der Waals surface area (Å²) in [6.45, 7) is 0.625. The highest BCUT2D eigenvalue weighted by Crippen LogP contribution is 2.32. The van der Waals surface area contributed by atoms with Crippen molar-refractivity contribution in [2.45, 2.75) is 23.7 Å². The number of carbonyl (C=O) groups is 1. The Labute approximate surface area is 194 Å². The molecule has 0 spiro atoms. The van der Waals surface area contributed by atoms with E-state index in [2.05, 4.69) is 15.5 Å². The van der Waals surface area contributed by atoms with Crippen molar-refractivity contribution in [3.05, 3.63) is 69.1 Å². The van der Waals surface area contributed by atoms with E-state index in [4.69, 9.17) is 16.9 Å². The summed E-state index contributed by atoms with van der Waals surface area (Å²) in [5.74, 6) is -0.562. The molecule has 11 heteroatoms. The molecule has 1 unspecified atom stereocenters. The summed E-state index contributed by atoms with van der Waals surface area (Å²) in [6.07, 6.45) is 1.40. The Kier molecular flexibility index (Phi) is 6.53. The van der Waals surface area contributed by atoms with Crippen molar-refractivity contribution in [1.29, 1.82) is 5.26 Å². The first-order valence-electron chi connectivity index (χ1n) is 9.77. The summed E-state index contributed by atoms with van der Waals surface area (Å²) < 4.78 is 27.6. The van der Waals surface area contributed by atoms with Crippen molar-refractivity contribution in [3.63, 3.8) is 0 Å². The highest BCUT2D eigenvalue weighted by atomic mass is 35.5. The second kappa shape index (κ2) is 9.34. The Balaban J connectivity index is 1.48. The molecule has 1 aromatic heterocycles. The lowest BCUT2D eigenvalue weighted by Gasteiger charge is -2.30. The summed E-state index contributed by atoms with van der Waals surface area (Å²) >= 11 is 7.10. The Morgan fingerprint density at radius 2 is 2.03 bits per heavy atom. The van der Waals surface area contributed by atoms with Crippen LogP contribution >= 0.6 is 22.9 Å². The number of piperidine rings is 1. The number of carbonyl (C=O) groups excluding carboxylic acids is 1. The second-order valence-corrected chi connectivity index (χ2v) is 10.6. The third-order valence-electron chi connectivity index (χ3n) is 5.05. The molecule has 2 heterocycles. The van der Waals surface area contributed by atoms with Crippen LogP contribution in [0.1, 0.15) is 39.1 Å². The maximum absolute atomic E-state index is 13.1. The molecular formula is C21H18ClN5O3S2. The minimum Gasteiger partial charge on any atom is -0.320 e. The topological polar surface area (TPSA) is 116 Å². The largest absolute Gasteiger partial charge is 0.320 e. The Morgan fingerprint density at radius 1 is 1.22 bits per heavy atom. The summed E-state index contributed by atoms with van der Waals surface area (Å²) in [6, 6.07) is 14.7. The number of nitrogens with one attached hydrogen (secondary N) is 1. The molecule has 4 rings (SSSR count). The molecule has 1 saturated heterocycles. The summed E-state index contributed by atoms with van der Waals surface area (Å²) in [5, 5.41) is 21.3. The summed E-state index contributed by atoms with van der Waals surface area (Å²) in [4.78, 5) is 12.6. The number of hydrogen-bond acceptors (Lipinski definition) is 7. The van der Waals surface area contributed by atoms with Crippen LogP contribution in [0.4, 0.5) is 5.69 Å². The van der Waals surface area contributed by atoms with Gasteiger partial charge in [-0.15, -0.1) is 10.2 Å². The number of nitrogens with zero attached hydrogens (tertiary/aromatic N) is 4. The number of amides is 1. The molecule has 1 amide bonds. The molecule has 8 nitrogen and oxygen atoms in total. The van der Waals surface area contributed by atoms with Gasteiger partial charge in [0.25, 0.3) is 5.91 Å². The van der Waals surface area contributed by atoms with E-state index in [1.54, 1.807) is 36.4 Å². The third kappa shape index (κ3) is 4.81. The predicted octanol–water partition coefficient (Wildman–Crippen LogP) is 3.88. The number of benzene rings is 2. The van der Waals surface area contributed by atoms with Gasteiger partial charge in [-0.1, -0.05) is 35.1 Å². The van der Waals surface area contributed by atoms with Crippen LogP contribution in [-0.4, -0.2) is 41.9 Å². The van der Waals surface area contributed by atoms with Gasteiger partial charge in [0.2, 0.25) is 15.0 Å². The van der Waals surface area contributed by atoms with Crippen molar-refractivity contribution < 1.29 is 13.2 Å². The first-order chi connectivity index (χ1) is 15.4. The zero-order valence-electron chi connectivity index (χ0n) is 16.7. The highest BCUT2D eigenvalue weighted by Gasteiger charge is 2.33. The van der Waals surface area contributed by atoms with Crippen LogP contribution in [0, 0.1) is 11.3 Å². The Morgan fingerprint density at radius 3 is 2.81 bits per heavy atom. The number of anilines is 1. The van der Waals surface area contributed by atoms with Crippen LogP contribution in [0.25, 0.3) is 0 Å². The van der Waals surface area contributed by atoms with Gasteiger partial charge in [0, 0.05) is 29.7 Å². The molecule has 1 aliphatic heterocycles. The van der Waals surface area contributed by atoms with Gasteiger partial charge in [0.15, 0.2) is 0 Å². The molecule has 1 aliphatic rings.